The van der Waals surface area contributed by atoms with Gasteiger partial charge in [-0.05, 0) is 49.3 Å². The van der Waals surface area contributed by atoms with Crippen LogP contribution in [0.25, 0.3) is 0 Å². The molecule has 1 aliphatic heterocycles. The number of hydrogen-bond donors (Lipinski definition) is 0. The maximum Gasteiger partial charge on any atom is 0.223 e. The maximum absolute atomic E-state index is 12.7. The van der Waals surface area contributed by atoms with E-state index in [-0.39, 0.29) is 11.9 Å². The van der Waals surface area contributed by atoms with Crippen LogP contribution in [-0.2, 0) is 4.79 Å². The molecule has 0 aromatic heterocycles. The summed E-state index contributed by atoms with van der Waals surface area (Å²) in [5.41, 5.74) is 1.13. The van der Waals surface area contributed by atoms with Crippen molar-refractivity contribution in [1.29, 1.82) is 0 Å². The summed E-state index contributed by atoms with van der Waals surface area (Å²) in [7, 11) is 3.28. The fraction of sp³-hybridized carbons (Fsp3) is 0.526. The fourth-order valence-electron chi connectivity index (χ4n) is 3.68. The molecule has 1 aliphatic carbocycles. The van der Waals surface area contributed by atoms with Gasteiger partial charge in [-0.15, -0.1) is 0 Å². The fourth-order valence-corrected chi connectivity index (χ4v) is 3.68. The summed E-state index contributed by atoms with van der Waals surface area (Å²) in [6, 6.07) is 6.14. The Kier molecular flexibility index (Phi) is 4.89. The van der Waals surface area contributed by atoms with Crippen molar-refractivity contribution in [1.82, 2.24) is 4.90 Å². The van der Waals surface area contributed by atoms with E-state index in [2.05, 4.69) is 12.2 Å². The zero-order chi connectivity index (χ0) is 16.2. The molecule has 0 saturated carbocycles. The van der Waals surface area contributed by atoms with Gasteiger partial charge in [0.05, 0.1) is 20.3 Å². The van der Waals surface area contributed by atoms with Crippen molar-refractivity contribution in [2.24, 2.45) is 5.92 Å². The van der Waals surface area contributed by atoms with Gasteiger partial charge in [0, 0.05) is 13.0 Å². The quantitative estimate of drug-likeness (QED) is 0.777. The lowest BCUT2D eigenvalue weighted by Gasteiger charge is -2.26. The van der Waals surface area contributed by atoms with E-state index >= 15 is 0 Å². The minimum Gasteiger partial charge on any atom is -0.493 e. The van der Waals surface area contributed by atoms with Gasteiger partial charge in [-0.25, -0.2) is 0 Å². The van der Waals surface area contributed by atoms with E-state index < -0.39 is 0 Å². The molecular weight excluding hydrogens is 290 g/mol. The first kappa shape index (κ1) is 15.9. The van der Waals surface area contributed by atoms with Crippen molar-refractivity contribution in [2.75, 3.05) is 20.8 Å². The molecule has 4 nitrogen and oxygen atoms in total. The van der Waals surface area contributed by atoms with Gasteiger partial charge in [0.2, 0.25) is 5.91 Å². The highest BCUT2D eigenvalue weighted by Gasteiger charge is 2.31. The molecule has 0 radical (unpaired) electrons. The van der Waals surface area contributed by atoms with Crippen molar-refractivity contribution in [2.45, 2.75) is 38.1 Å². The molecule has 2 atom stereocenters. The third kappa shape index (κ3) is 3.36. The summed E-state index contributed by atoms with van der Waals surface area (Å²) in [6.07, 6.45) is 9.32. The number of carbonyl (C=O) groups is 1. The number of amides is 1. The largest absolute Gasteiger partial charge is 0.493 e. The van der Waals surface area contributed by atoms with E-state index in [1.807, 2.05) is 23.1 Å². The number of carbonyl (C=O) groups excluding carboxylic acids is 1. The van der Waals surface area contributed by atoms with Crippen molar-refractivity contribution in [3.63, 3.8) is 0 Å². The van der Waals surface area contributed by atoms with Gasteiger partial charge >= 0.3 is 0 Å². The van der Waals surface area contributed by atoms with Gasteiger partial charge in [0.25, 0.3) is 0 Å². The van der Waals surface area contributed by atoms with E-state index in [0.29, 0.717) is 12.3 Å². The second-order valence-corrected chi connectivity index (χ2v) is 6.33. The molecule has 1 saturated heterocycles. The second-order valence-electron chi connectivity index (χ2n) is 6.33. The molecule has 3 rings (SSSR count). The molecule has 2 unspecified atom stereocenters. The number of hydrogen-bond acceptors (Lipinski definition) is 3. The molecule has 1 aromatic carbocycles. The Morgan fingerprint density at radius 2 is 2.04 bits per heavy atom. The van der Waals surface area contributed by atoms with Crippen molar-refractivity contribution >= 4 is 5.91 Å². The van der Waals surface area contributed by atoms with Crippen LogP contribution in [0.1, 0.15) is 43.7 Å². The normalized spacial score (nSPS) is 23.3. The van der Waals surface area contributed by atoms with Gasteiger partial charge in [0.1, 0.15) is 0 Å². The highest BCUT2D eigenvalue weighted by molar-refractivity contribution is 5.77. The van der Waals surface area contributed by atoms with Crippen molar-refractivity contribution < 1.29 is 14.3 Å². The minimum absolute atomic E-state index is 0.160. The molecule has 4 heteroatoms. The summed E-state index contributed by atoms with van der Waals surface area (Å²) >= 11 is 0. The zero-order valence-electron chi connectivity index (χ0n) is 14.0. The van der Waals surface area contributed by atoms with Crippen LogP contribution in [0.2, 0.25) is 0 Å². The van der Waals surface area contributed by atoms with Crippen LogP contribution in [0.5, 0.6) is 11.5 Å². The molecule has 0 bridgehead atoms. The lowest BCUT2D eigenvalue weighted by molar-refractivity contribution is -0.132. The van der Waals surface area contributed by atoms with Crippen molar-refractivity contribution in [3.8, 4) is 11.5 Å². The Balaban J connectivity index is 1.75. The third-order valence-corrected chi connectivity index (χ3v) is 4.91. The Hall–Kier alpha value is -1.97. The average Bonchev–Trinajstić information content (AvgIpc) is 3.25. The molecule has 1 aromatic rings. The molecule has 0 N–H and O–H groups in total. The van der Waals surface area contributed by atoms with Crippen LogP contribution in [-0.4, -0.2) is 31.6 Å². The number of methoxy groups -OCH3 is 2. The number of ether oxygens (including phenoxy) is 2. The first-order valence-corrected chi connectivity index (χ1v) is 8.41. The van der Waals surface area contributed by atoms with Crippen LogP contribution in [0, 0.1) is 5.92 Å². The molecule has 1 heterocycles. The second kappa shape index (κ2) is 7.07. The number of likely N-dealkylation sites (tertiary alicyclic amines) is 1. The van der Waals surface area contributed by atoms with Gasteiger partial charge in [0.15, 0.2) is 11.5 Å². The lowest BCUT2D eigenvalue weighted by Crippen LogP contribution is -2.31. The highest BCUT2D eigenvalue weighted by Crippen LogP contribution is 2.37. The van der Waals surface area contributed by atoms with Gasteiger partial charge in [-0.2, -0.15) is 0 Å². The topological polar surface area (TPSA) is 38.8 Å². The van der Waals surface area contributed by atoms with Crippen LogP contribution >= 0.6 is 0 Å². The Morgan fingerprint density at radius 3 is 2.74 bits per heavy atom. The molecule has 1 fully saturated rings. The first-order chi connectivity index (χ1) is 11.2. The van der Waals surface area contributed by atoms with Crippen LogP contribution in [0.3, 0.4) is 0 Å². The van der Waals surface area contributed by atoms with E-state index in [4.69, 9.17) is 9.47 Å². The zero-order valence-corrected chi connectivity index (χ0v) is 14.0. The minimum atomic E-state index is 0.160. The molecule has 23 heavy (non-hydrogen) atoms. The average molecular weight is 315 g/mol. The predicted octanol–water partition coefficient (Wildman–Crippen LogP) is 3.72. The smallest absolute Gasteiger partial charge is 0.223 e. The summed E-state index contributed by atoms with van der Waals surface area (Å²) in [4.78, 5) is 14.7. The number of nitrogens with zero attached hydrogens (tertiary/aromatic N) is 1. The van der Waals surface area contributed by atoms with E-state index in [0.717, 1.165) is 49.3 Å². The van der Waals surface area contributed by atoms with E-state index in [9.17, 15) is 4.79 Å². The Bertz CT molecular complexity index is 596. The summed E-state index contributed by atoms with van der Waals surface area (Å²) in [5.74, 6) is 2.15. The summed E-state index contributed by atoms with van der Waals surface area (Å²) in [6.45, 7) is 0.855. The highest BCUT2D eigenvalue weighted by atomic mass is 16.5. The molecule has 1 amide bonds. The summed E-state index contributed by atoms with van der Waals surface area (Å²) in [5, 5.41) is 0. The molecule has 0 spiro atoms. The maximum atomic E-state index is 12.7. The van der Waals surface area contributed by atoms with Crippen LogP contribution in [0.15, 0.2) is 30.4 Å². The summed E-state index contributed by atoms with van der Waals surface area (Å²) < 4.78 is 10.7. The van der Waals surface area contributed by atoms with Gasteiger partial charge < -0.3 is 14.4 Å². The Labute approximate surface area is 138 Å². The Morgan fingerprint density at radius 1 is 1.22 bits per heavy atom. The van der Waals surface area contributed by atoms with Gasteiger partial charge in [-0.3, -0.25) is 4.79 Å². The van der Waals surface area contributed by atoms with Crippen LogP contribution < -0.4 is 9.47 Å². The number of rotatable bonds is 5. The standard InChI is InChI=1S/C19H25NO3/c1-22-17-10-9-15(13-18(17)23-2)16-8-5-11-20(16)19(21)12-14-6-3-4-7-14/h3,6,9-10,13-14,16H,4-5,7-8,11-12H2,1-2H3. The number of benzene rings is 1. The molecule has 124 valence electrons. The van der Waals surface area contributed by atoms with Gasteiger partial charge in [-0.1, -0.05) is 18.2 Å². The van der Waals surface area contributed by atoms with E-state index in [1.165, 1.54) is 0 Å². The lowest BCUT2D eigenvalue weighted by atomic mass is 10.0. The number of allylic oxidation sites excluding steroid dienone is 2. The molecule has 2 aliphatic rings. The van der Waals surface area contributed by atoms with Crippen LogP contribution in [0.4, 0.5) is 0 Å². The third-order valence-electron chi connectivity index (χ3n) is 4.91. The monoisotopic (exact) mass is 315 g/mol. The first-order valence-electron chi connectivity index (χ1n) is 8.41. The van der Waals surface area contributed by atoms with E-state index in [1.54, 1.807) is 14.2 Å². The van der Waals surface area contributed by atoms with Crippen molar-refractivity contribution in [3.05, 3.63) is 35.9 Å². The predicted molar refractivity (Wildman–Crippen MR) is 89.7 cm³/mol. The SMILES string of the molecule is COc1ccc(C2CCCN2C(=O)CC2C=CCC2)cc1OC. The molecular formula is C19H25NO3.